The molecule has 100 valence electrons. The molecule has 0 radical (unpaired) electrons. The minimum atomic E-state index is -1.13. The van der Waals surface area contributed by atoms with Crippen LogP contribution in [-0.4, -0.2) is 37.9 Å². The maximum Gasteiger partial charge on any atom is 0.331 e. The van der Waals surface area contributed by atoms with E-state index in [1.807, 2.05) is 0 Å². The van der Waals surface area contributed by atoms with E-state index in [-0.39, 0.29) is 6.10 Å². The second kappa shape index (κ2) is 4.64. The molecule has 1 aliphatic heterocycles. The number of carboxylic acid groups (broad SMARTS) is 1. The molecule has 18 heavy (non-hydrogen) atoms. The Kier molecular flexibility index (Phi) is 3.34. The molecular formula is C11H18N4O3. The fourth-order valence-corrected chi connectivity index (χ4v) is 2.14. The van der Waals surface area contributed by atoms with Crippen molar-refractivity contribution in [2.24, 2.45) is 5.92 Å². The van der Waals surface area contributed by atoms with Crippen LogP contribution in [0.3, 0.4) is 0 Å². The summed E-state index contributed by atoms with van der Waals surface area (Å²) < 4.78 is 7.00. The summed E-state index contributed by atoms with van der Waals surface area (Å²) in [6.07, 6.45) is 1.12. The molecule has 0 bridgehead atoms. The van der Waals surface area contributed by atoms with Crippen LogP contribution in [0, 0.1) is 5.92 Å². The van der Waals surface area contributed by atoms with Crippen LogP contribution in [0.25, 0.3) is 0 Å². The normalized spacial score (nSPS) is 27.1. The van der Waals surface area contributed by atoms with E-state index in [9.17, 15) is 9.90 Å². The number of hydrogen-bond acceptors (Lipinski definition) is 5. The number of carbonyl (C=O) groups is 1. The van der Waals surface area contributed by atoms with Gasteiger partial charge in [-0.3, -0.25) is 0 Å². The van der Waals surface area contributed by atoms with Crippen molar-refractivity contribution in [1.82, 2.24) is 20.2 Å². The quantitative estimate of drug-likeness (QED) is 0.861. The molecule has 1 aromatic heterocycles. The van der Waals surface area contributed by atoms with E-state index in [2.05, 4.69) is 22.4 Å². The first-order valence-electron chi connectivity index (χ1n) is 6.14. The lowest BCUT2D eigenvalue weighted by Crippen LogP contribution is -2.41. The maximum atomic E-state index is 11.4. The van der Waals surface area contributed by atoms with Crippen molar-refractivity contribution in [3.8, 4) is 0 Å². The van der Waals surface area contributed by atoms with Gasteiger partial charge in [0.05, 0.1) is 0 Å². The summed E-state index contributed by atoms with van der Waals surface area (Å²) in [5.74, 6) is -0.138. The zero-order valence-corrected chi connectivity index (χ0v) is 10.8. The van der Waals surface area contributed by atoms with Gasteiger partial charge in [0.15, 0.2) is 11.4 Å². The number of rotatable bonds is 4. The smallest absolute Gasteiger partial charge is 0.331 e. The fraction of sp³-hybridized carbons (Fsp3) is 0.818. The molecule has 0 aromatic carbocycles. The standard InChI is InChI=1S/C11H18N4O3/c1-4-11(3,10(16)17)15-9(12-13-14-15)8-7(2)5-6-18-8/h7-8H,4-6H2,1-3H3,(H,16,17). The fourth-order valence-electron chi connectivity index (χ4n) is 2.14. The lowest BCUT2D eigenvalue weighted by Gasteiger charge is -2.26. The van der Waals surface area contributed by atoms with E-state index in [0.717, 1.165) is 6.42 Å². The zero-order chi connectivity index (χ0) is 13.3. The lowest BCUT2D eigenvalue weighted by molar-refractivity contribution is -0.147. The van der Waals surface area contributed by atoms with E-state index >= 15 is 0 Å². The van der Waals surface area contributed by atoms with Gasteiger partial charge in [-0.25, -0.2) is 9.48 Å². The molecule has 2 heterocycles. The highest BCUT2D eigenvalue weighted by molar-refractivity contribution is 5.76. The summed E-state index contributed by atoms with van der Waals surface area (Å²) in [5, 5.41) is 20.8. The summed E-state index contributed by atoms with van der Waals surface area (Å²) in [4.78, 5) is 11.4. The van der Waals surface area contributed by atoms with Crippen LogP contribution >= 0.6 is 0 Å². The summed E-state index contributed by atoms with van der Waals surface area (Å²) >= 11 is 0. The van der Waals surface area contributed by atoms with Crippen molar-refractivity contribution < 1.29 is 14.6 Å². The van der Waals surface area contributed by atoms with Gasteiger partial charge in [0.25, 0.3) is 0 Å². The molecule has 1 saturated heterocycles. The third kappa shape index (κ3) is 1.88. The average molecular weight is 254 g/mol. The van der Waals surface area contributed by atoms with Gasteiger partial charge >= 0.3 is 5.97 Å². The number of nitrogens with zero attached hydrogens (tertiary/aromatic N) is 4. The first kappa shape index (κ1) is 12.9. The Balaban J connectivity index is 2.41. The van der Waals surface area contributed by atoms with Gasteiger partial charge in [-0.15, -0.1) is 5.10 Å². The van der Waals surface area contributed by atoms with Crippen LogP contribution in [0.5, 0.6) is 0 Å². The molecule has 0 aliphatic carbocycles. The van der Waals surface area contributed by atoms with E-state index in [1.54, 1.807) is 13.8 Å². The van der Waals surface area contributed by atoms with E-state index < -0.39 is 11.5 Å². The summed E-state index contributed by atoms with van der Waals surface area (Å²) in [6.45, 7) is 6.14. The van der Waals surface area contributed by atoms with Crippen molar-refractivity contribution in [2.45, 2.75) is 45.3 Å². The Morgan fingerprint density at radius 2 is 2.39 bits per heavy atom. The molecule has 1 aromatic rings. The highest BCUT2D eigenvalue weighted by Gasteiger charge is 2.40. The number of tetrazole rings is 1. The van der Waals surface area contributed by atoms with Crippen LogP contribution in [0.15, 0.2) is 0 Å². The third-order valence-corrected chi connectivity index (χ3v) is 3.75. The molecular weight excluding hydrogens is 236 g/mol. The molecule has 0 amide bonds. The van der Waals surface area contributed by atoms with Crippen LogP contribution in [0.4, 0.5) is 0 Å². The highest BCUT2D eigenvalue weighted by Crippen LogP contribution is 2.34. The number of aliphatic carboxylic acids is 1. The van der Waals surface area contributed by atoms with Crippen molar-refractivity contribution in [1.29, 1.82) is 0 Å². The molecule has 7 nitrogen and oxygen atoms in total. The molecule has 7 heteroatoms. The molecule has 1 fully saturated rings. The van der Waals surface area contributed by atoms with Gasteiger partial charge in [0.2, 0.25) is 0 Å². The number of carboxylic acids is 1. The predicted molar refractivity (Wildman–Crippen MR) is 61.9 cm³/mol. The van der Waals surface area contributed by atoms with E-state index in [0.29, 0.717) is 24.8 Å². The van der Waals surface area contributed by atoms with Crippen molar-refractivity contribution in [3.63, 3.8) is 0 Å². The molecule has 3 atom stereocenters. The molecule has 0 saturated carbocycles. The predicted octanol–water partition coefficient (Wildman–Crippen LogP) is 0.980. The van der Waals surface area contributed by atoms with E-state index in [1.165, 1.54) is 4.68 Å². The summed E-state index contributed by atoms with van der Waals surface area (Å²) in [6, 6.07) is 0. The number of ether oxygens (including phenoxy) is 1. The zero-order valence-electron chi connectivity index (χ0n) is 10.8. The third-order valence-electron chi connectivity index (χ3n) is 3.75. The van der Waals surface area contributed by atoms with Crippen LogP contribution in [0.1, 0.15) is 45.5 Å². The maximum absolute atomic E-state index is 11.4. The van der Waals surface area contributed by atoms with E-state index in [4.69, 9.17) is 4.74 Å². The summed E-state index contributed by atoms with van der Waals surface area (Å²) in [7, 11) is 0. The van der Waals surface area contributed by atoms with Gasteiger partial charge in [-0.1, -0.05) is 13.8 Å². The Bertz CT molecular complexity index is 447. The Hall–Kier alpha value is -1.50. The van der Waals surface area contributed by atoms with Gasteiger partial charge in [0.1, 0.15) is 6.10 Å². The Morgan fingerprint density at radius 1 is 1.67 bits per heavy atom. The van der Waals surface area contributed by atoms with Crippen molar-refractivity contribution in [3.05, 3.63) is 5.82 Å². The monoisotopic (exact) mass is 254 g/mol. The number of aromatic nitrogens is 4. The lowest BCUT2D eigenvalue weighted by atomic mass is 9.97. The van der Waals surface area contributed by atoms with Crippen LogP contribution in [0.2, 0.25) is 0 Å². The first-order chi connectivity index (χ1) is 8.50. The number of hydrogen-bond donors (Lipinski definition) is 1. The SMILES string of the molecule is CCC(C)(C(=O)O)n1nnnc1C1OCCC1C. The summed E-state index contributed by atoms with van der Waals surface area (Å²) in [5.41, 5.74) is -1.13. The van der Waals surface area contributed by atoms with Crippen molar-refractivity contribution >= 4 is 5.97 Å². The molecule has 1 aliphatic rings. The molecule has 1 N–H and O–H groups in total. The van der Waals surface area contributed by atoms with Gasteiger partial charge in [-0.05, 0) is 36.1 Å². The van der Waals surface area contributed by atoms with Crippen LogP contribution < -0.4 is 0 Å². The minimum Gasteiger partial charge on any atom is -0.479 e. The van der Waals surface area contributed by atoms with Crippen LogP contribution in [-0.2, 0) is 15.1 Å². The largest absolute Gasteiger partial charge is 0.479 e. The van der Waals surface area contributed by atoms with Gasteiger partial charge in [0, 0.05) is 6.61 Å². The molecule has 0 spiro atoms. The minimum absolute atomic E-state index is 0.217. The first-order valence-corrected chi connectivity index (χ1v) is 6.14. The van der Waals surface area contributed by atoms with Gasteiger partial charge in [-0.2, -0.15) is 0 Å². The topological polar surface area (TPSA) is 90.1 Å². The second-order valence-corrected chi connectivity index (χ2v) is 4.94. The highest BCUT2D eigenvalue weighted by atomic mass is 16.5. The Labute approximate surface area is 105 Å². The van der Waals surface area contributed by atoms with Crippen molar-refractivity contribution in [2.75, 3.05) is 6.61 Å². The Morgan fingerprint density at radius 3 is 2.89 bits per heavy atom. The average Bonchev–Trinajstić information content (AvgIpc) is 2.95. The second-order valence-electron chi connectivity index (χ2n) is 4.94. The molecule has 3 unspecified atom stereocenters. The molecule has 2 rings (SSSR count). The van der Waals surface area contributed by atoms with Gasteiger partial charge < -0.3 is 9.84 Å².